The van der Waals surface area contributed by atoms with E-state index in [1.54, 1.807) is 37.6 Å². The van der Waals surface area contributed by atoms with Gasteiger partial charge in [0.25, 0.3) is 0 Å². The van der Waals surface area contributed by atoms with E-state index >= 15 is 0 Å². The number of nitrogens with zero attached hydrogens (tertiary/aromatic N) is 2. The van der Waals surface area contributed by atoms with Crippen LogP contribution in [0.1, 0.15) is 31.5 Å². The first kappa shape index (κ1) is 20.2. The van der Waals surface area contributed by atoms with Crippen LogP contribution in [-0.2, 0) is 21.4 Å². The van der Waals surface area contributed by atoms with Crippen molar-refractivity contribution in [2.24, 2.45) is 0 Å². The smallest absolute Gasteiger partial charge is 0.326 e. The first-order chi connectivity index (χ1) is 13.4. The summed E-state index contributed by atoms with van der Waals surface area (Å²) < 4.78 is 0. The lowest BCUT2D eigenvalue weighted by Gasteiger charge is -2.24. The number of nitrogens with one attached hydrogen (secondary N) is 1. The summed E-state index contributed by atoms with van der Waals surface area (Å²) in [4.78, 5) is 34.1. The highest BCUT2D eigenvalue weighted by Crippen LogP contribution is 2.32. The van der Waals surface area contributed by atoms with Crippen LogP contribution in [0.3, 0.4) is 0 Å². The number of carbonyl (C=O) groups excluding carboxylic acids is 1. The molecule has 2 N–H and O–H groups in total. The van der Waals surface area contributed by atoms with Crippen molar-refractivity contribution in [2.45, 2.75) is 38.1 Å². The Morgan fingerprint density at radius 1 is 1.21 bits per heavy atom. The largest absolute Gasteiger partial charge is 0.480 e. The zero-order valence-corrected chi connectivity index (χ0v) is 17.2. The molecule has 3 heterocycles. The van der Waals surface area contributed by atoms with Crippen LogP contribution < -0.4 is 5.32 Å². The van der Waals surface area contributed by atoms with Gasteiger partial charge in [-0.15, -0.1) is 22.7 Å². The van der Waals surface area contributed by atoms with Crippen molar-refractivity contribution >= 4 is 34.6 Å². The normalized spacial score (nSPS) is 12.5. The van der Waals surface area contributed by atoms with E-state index in [0.717, 1.165) is 15.4 Å². The maximum absolute atomic E-state index is 12.9. The van der Waals surface area contributed by atoms with Crippen LogP contribution in [-0.4, -0.2) is 33.0 Å². The van der Waals surface area contributed by atoms with Crippen molar-refractivity contribution in [3.05, 3.63) is 58.7 Å². The maximum Gasteiger partial charge on any atom is 0.326 e. The maximum atomic E-state index is 12.9. The molecule has 0 aliphatic carbocycles. The Kier molecular flexibility index (Phi) is 6.21. The van der Waals surface area contributed by atoms with Gasteiger partial charge in [-0.3, -0.25) is 9.78 Å². The number of pyridine rings is 1. The second-order valence-corrected chi connectivity index (χ2v) is 8.70. The SMILES string of the molecule is CC(C)(C(=O)NC(CCc1ccncc1)C(=O)O)c1csc(-c2cccs2)n1. The molecule has 0 spiro atoms. The van der Waals surface area contributed by atoms with Gasteiger partial charge in [0.15, 0.2) is 0 Å². The van der Waals surface area contributed by atoms with Crippen LogP contribution >= 0.6 is 22.7 Å². The average Bonchev–Trinajstić information content (AvgIpc) is 3.37. The van der Waals surface area contributed by atoms with Gasteiger partial charge in [-0.05, 0) is 55.8 Å². The van der Waals surface area contributed by atoms with Gasteiger partial charge in [0.1, 0.15) is 11.0 Å². The Bertz CT molecular complexity index is 937. The van der Waals surface area contributed by atoms with E-state index in [2.05, 4.69) is 15.3 Å². The van der Waals surface area contributed by atoms with Crippen molar-refractivity contribution < 1.29 is 14.7 Å². The van der Waals surface area contributed by atoms with Crippen molar-refractivity contribution in [3.63, 3.8) is 0 Å². The minimum absolute atomic E-state index is 0.304. The molecular formula is C20H21N3O3S2. The summed E-state index contributed by atoms with van der Waals surface area (Å²) in [6.07, 6.45) is 4.18. The van der Waals surface area contributed by atoms with Crippen molar-refractivity contribution in [1.82, 2.24) is 15.3 Å². The lowest BCUT2D eigenvalue weighted by Crippen LogP contribution is -2.48. The third-order valence-electron chi connectivity index (χ3n) is 4.52. The number of rotatable bonds is 8. The third kappa shape index (κ3) is 4.63. The van der Waals surface area contributed by atoms with E-state index < -0.39 is 17.4 Å². The molecular weight excluding hydrogens is 394 g/mol. The van der Waals surface area contributed by atoms with E-state index in [-0.39, 0.29) is 5.91 Å². The van der Waals surface area contributed by atoms with Crippen LogP contribution in [0.4, 0.5) is 0 Å². The Balaban J connectivity index is 1.69. The van der Waals surface area contributed by atoms with E-state index in [1.165, 1.54) is 11.3 Å². The summed E-state index contributed by atoms with van der Waals surface area (Å²) >= 11 is 3.07. The highest BCUT2D eigenvalue weighted by Gasteiger charge is 2.35. The first-order valence-electron chi connectivity index (χ1n) is 8.80. The van der Waals surface area contributed by atoms with Crippen LogP contribution in [0.25, 0.3) is 9.88 Å². The van der Waals surface area contributed by atoms with Crippen molar-refractivity contribution in [1.29, 1.82) is 0 Å². The van der Waals surface area contributed by atoms with Crippen LogP contribution in [0.5, 0.6) is 0 Å². The molecule has 0 aromatic carbocycles. The number of hydrogen-bond donors (Lipinski definition) is 2. The molecule has 3 aromatic heterocycles. The second kappa shape index (κ2) is 8.62. The zero-order valence-electron chi connectivity index (χ0n) is 15.6. The van der Waals surface area contributed by atoms with Crippen molar-refractivity contribution in [3.8, 4) is 9.88 Å². The van der Waals surface area contributed by atoms with Crippen molar-refractivity contribution in [2.75, 3.05) is 0 Å². The fourth-order valence-corrected chi connectivity index (χ4v) is 4.45. The molecule has 0 aliphatic rings. The molecule has 28 heavy (non-hydrogen) atoms. The molecule has 0 saturated heterocycles. The average molecular weight is 416 g/mol. The summed E-state index contributed by atoms with van der Waals surface area (Å²) in [6, 6.07) is 6.66. The van der Waals surface area contributed by atoms with Gasteiger partial charge in [-0.1, -0.05) is 6.07 Å². The minimum Gasteiger partial charge on any atom is -0.480 e. The van der Waals surface area contributed by atoms with Gasteiger partial charge < -0.3 is 10.4 Å². The molecule has 6 nitrogen and oxygen atoms in total. The molecule has 0 aliphatic heterocycles. The molecule has 0 fully saturated rings. The number of aromatic nitrogens is 2. The lowest BCUT2D eigenvalue weighted by molar-refractivity contribution is -0.142. The summed E-state index contributed by atoms with van der Waals surface area (Å²) in [5, 5.41) is 16.9. The number of carboxylic acid groups (broad SMARTS) is 1. The molecule has 146 valence electrons. The fraction of sp³-hybridized carbons (Fsp3) is 0.300. The second-order valence-electron chi connectivity index (χ2n) is 6.90. The van der Waals surface area contributed by atoms with E-state index in [0.29, 0.717) is 18.5 Å². The van der Waals surface area contributed by atoms with Gasteiger partial charge >= 0.3 is 5.97 Å². The van der Waals surface area contributed by atoms with Crippen LogP contribution in [0.2, 0.25) is 0 Å². The van der Waals surface area contributed by atoms with Gasteiger partial charge in [-0.2, -0.15) is 0 Å². The number of carboxylic acids is 1. The number of aryl methyl sites for hydroxylation is 1. The first-order valence-corrected chi connectivity index (χ1v) is 10.6. The number of thiophene rings is 1. The minimum atomic E-state index is -1.05. The quantitative estimate of drug-likeness (QED) is 0.585. The highest BCUT2D eigenvalue weighted by molar-refractivity contribution is 7.20. The number of hydrogen-bond acceptors (Lipinski definition) is 6. The lowest BCUT2D eigenvalue weighted by atomic mass is 9.88. The molecule has 0 bridgehead atoms. The van der Waals surface area contributed by atoms with Gasteiger partial charge in [0, 0.05) is 17.8 Å². The van der Waals surface area contributed by atoms with Gasteiger partial charge in [0.2, 0.25) is 5.91 Å². The van der Waals surface area contributed by atoms with Crippen LogP contribution in [0.15, 0.2) is 47.4 Å². The highest BCUT2D eigenvalue weighted by atomic mass is 32.1. The molecule has 3 rings (SSSR count). The Labute approximate surface area is 171 Å². The van der Waals surface area contributed by atoms with Crippen LogP contribution in [0, 0.1) is 0 Å². The zero-order chi connectivity index (χ0) is 20.1. The molecule has 0 saturated carbocycles. The molecule has 1 atom stereocenters. The number of thiazole rings is 1. The van der Waals surface area contributed by atoms with E-state index in [9.17, 15) is 14.7 Å². The Morgan fingerprint density at radius 2 is 1.96 bits per heavy atom. The Hall–Kier alpha value is -2.58. The summed E-state index contributed by atoms with van der Waals surface area (Å²) in [7, 11) is 0. The summed E-state index contributed by atoms with van der Waals surface area (Å²) in [5.74, 6) is -1.39. The predicted octanol–water partition coefficient (Wildman–Crippen LogP) is 3.75. The molecule has 8 heteroatoms. The Morgan fingerprint density at radius 3 is 2.61 bits per heavy atom. The predicted molar refractivity (Wildman–Crippen MR) is 111 cm³/mol. The molecule has 1 unspecified atom stereocenters. The topological polar surface area (TPSA) is 92.2 Å². The summed E-state index contributed by atoms with van der Waals surface area (Å²) in [6.45, 7) is 3.52. The standard InChI is InChI=1S/C20H21N3O3S2/c1-20(2,16-12-28-17(23-16)15-4-3-11-27-15)19(26)22-14(18(24)25)6-5-13-7-9-21-10-8-13/h3-4,7-12,14H,5-6H2,1-2H3,(H,22,26)(H,24,25). The number of carbonyl (C=O) groups is 2. The van der Waals surface area contributed by atoms with Gasteiger partial charge in [0.05, 0.1) is 16.0 Å². The van der Waals surface area contributed by atoms with E-state index in [1.807, 2.05) is 35.0 Å². The molecule has 3 aromatic rings. The summed E-state index contributed by atoms with van der Waals surface area (Å²) in [5.41, 5.74) is 0.683. The number of aliphatic carboxylic acids is 1. The fourth-order valence-electron chi connectivity index (χ4n) is 2.65. The molecule has 0 radical (unpaired) electrons. The molecule has 1 amide bonds. The number of amides is 1. The monoisotopic (exact) mass is 415 g/mol. The van der Waals surface area contributed by atoms with Gasteiger partial charge in [-0.25, -0.2) is 9.78 Å². The van der Waals surface area contributed by atoms with E-state index in [4.69, 9.17) is 0 Å². The third-order valence-corrected chi connectivity index (χ3v) is 6.40.